The standard InChI is InChI=1S/C12H21N3O2S/c1-3-4-7-10-15(2)18(16,17)12-9-6-5-8-11(12)14-13/h5-6,8-9,14H,3-4,7,10,13H2,1-2H3. The molecule has 0 aliphatic heterocycles. The Kier molecular flexibility index (Phi) is 5.58. The molecule has 1 aromatic carbocycles. The van der Waals surface area contributed by atoms with E-state index in [1.807, 2.05) is 0 Å². The third-order valence-electron chi connectivity index (χ3n) is 2.81. The van der Waals surface area contributed by atoms with Gasteiger partial charge in [-0.15, -0.1) is 0 Å². The van der Waals surface area contributed by atoms with Crippen LogP contribution in [0.4, 0.5) is 5.69 Å². The molecule has 0 aliphatic rings. The first-order chi connectivity index (χ1) is 8.54. The van der Waals surface area contributed by atoms with Gasteiger partial charge in [-0.3, -0.25) is 5.84 Å². The lowest BCUT2D eigenvalue weighted by Crippen LogP contribution is -2.29. The van der Waals surface area contributed by atoms with Gasteiger partial charge >= 0.3 is 0 Å². The van der Waals surface area contributed by atoms with Crippen LogP contribution in [0.3, 0.4) is 0 Å². The first kappa shape index (κ1) is 14.9. The van der Waals surface area contributed by atoms with Gasteiger partial charge in [-0.05, 0) is 18.6 Å². The Balaban J connectivity index is 2.91. The third kappa shape index (κ3) is 3.44. The first-order valence-corrected chi connectivity index (χ1v) is 7.50. The maximum absolute atomic E-state index is 12.3. The molecule has 0 bridgehead atoms. The Morgan fingerprint density at radius 1 is 1.28 bits per heavy atom. The Hall–Kier alpha value is -1.11. The van der Waals surface area contributed by atoms with Crippen molar-refractivity contribution in [3.05, 3.63) is 24.3 Å². The van der Waals surface area contributed by atoms with E-state index in [-0.39, 0.29) is 4.90 Å². The van der Waals surface area contributed by atoms with Gasteiger partial charge in [0.05, 0.1) is 5.69 Å². The SMILES string of the molecule is CCCCCN(C)S(=O)(=O)c1ccccc1NN. The van der Waals surface area contributed by atoms with Crippen LogP contribution in [-0.2, 0) is 10.0 Å². The molecule has 0 heterocycles. The smallest absolute Gasteiger partial charge is 0.244 e. The van der Waals surface area contributed by atoms with Crippen LogP contribution in [0.5, 0.6) is 0 Å². The molecule has 0 saturated carbocycles. The van der Waals surface area contributed by atoms with Crippen molar-refractivity contribution < 1.29 is 8.42 Å². The molecule has 0 unspecified atom stereocenters. The van der Waals surface area contributed by atoms with Crippen molar-refractivity contribution >= 4 is 15.7 Å². The zero-order chi connectivity index (χ0) is 13.6. The summed E-state index contributed by atoms with van der Waals surface area (Å²) in [5.41, 5.74) is 2.83. The van der Waals surface area contributed by atoms with E-state index in [2.05, 4.69) is 12.3 Å². The molecule has 18 heavy (non-hydrogen) atoms. The van der Waals surface area contributed by atoms with E-state index < -0.39 is 10.0 Å². The quantitative estimate of drug-likeness (QED) is 0.450. The number of para-hydroxylation sites is 1. The number of benzene rings is 1. The van der Waals surface area contributed by atoms with Gasteiger partial charge in [-0.25, -0.2) is 12.7 Å². The van der Waals surface area contributed by atoms with E-state index in [4.69, 9.17) is 5.84 Å². The lowest BCUT2D eigenvalue weighted by Gasteiger charge is -2.18. The van der Waals surface area contributed by atoms with Gasteiger partial charge in [0, 0.05) is 13.6 Å². The predicted octanol–water partition coefficient (Wildman–Crippen LogP) is 1.78. The lowest BCUT2D eigenvalue weighted by molar-refractivity contribution is 0.454. The van der Waals surface area contributed by atoms with E-state index in [1.165, 1.54) is 4.31 Å². The number of nitrogens with zero attached hydrogens (tertiary/aromatic N) is 1. The fraction of sp³-hybridized carbons (Fsp3) is 0.500. The highest BCUT2D eigenvalue weighted by Crippen LogP contribution is 2.23. The fourth-order valence-corrected chi connectivity index (χ4v) is 3.04. The van der Waals surface area contributed by atoms with Gasteiger partial charge in [0.15, 0.2) is 0 Å². The number of hydrogen-bond donors (Lipinski definition) is 2. The molecule has 102 valence electrons. The second kappa shape index (κ2) is 6.72. The molecule has 0 radical (unpaired) electrons. The van der Waals surface area contributed by atoms with Crippen LogP contribution in [-0.4, -0.2) is 26.3 Å². The fourth-order valence-electron chi connectivity index (χ4n) is 1.68. The van der Waals surface area contributed by atoms with Crippen molar-refractivity contribution in [3.8, 4) is 0 Å². The highest BCUT2D eigenvalue weighted by molar-refractivity contribution is 7.89. The van der Waals surface area contributed by atoms with Crippen molar-refractivity contribution in [1.82, 2.24) is 4.31 Å². The monoisotopic (exact) mass is 271 g/mol. The molecular formula is C12H21N3O2S. The maximum Gasteiger partial charge on any atom is 0.244 e. The summed E-state index contributed by atoms with van der Waals surface area (Å²) in [4.78, 5) is 0.214. The number of nitrogen functional groups attached to an aromatic ring is 1. The minimum Gasteiger partial charge on any atom is -0.323 e. The normalized spacial score (nSPS) is 11.8. The molecule has 0 aliphatic carbocycles. The molecule has 0 amide bonds. The Morgan fingerprint density at radius 3 is 2.56 bits per heavy atom. The zero-order valence-corrected chi connectivity index (χ0v) is 11.7. The third-order valence-corrected chi connectivity index (χ3v) is 4.72. The number of hydrogen-bond acceptors (Lipinski definition) is 4. The minimum absolute atomic E-state index is 0.214. The molecule has 3 N–H and O–H groups in total. The van der Waals surface area contributed by atoms with E-state index in [0.29, 0.717) is 12.2 Å². The van der Waals surface area contributed by atoms with Crippen molar-refractivity contribution in [3.63, 3.8) is 0 Å². The van der Waals surface area contributed by atoms with Crippen molar-refractivity contribution in [1.29, 1.82) is 0 Å². The van der Waals surface area contributed by atoms with E-state index >= 15 is 0 Å². The first-order valence-electron chi connectivity index (χ1n) is 6.06. The lowest BCUT2D eigenvalue weighted by atomic mass is 10.2. The van der Waals surface area contributed by atoms with Gasteiger partial charge < -0.3 is 5.43 Å². The number of unbranched alkanes of at least 4 members (excludes halogenated alkanes) is 2. The van der Waals surface area contributed by atoms with Gasteiger partial charge in [-0.2, -0.15) is 0 Å². The number of anilines is 1. The van der Waals surface area contributed by atoms with E-state index in [0.717, 1.165) is 19.3 Å². The topological polar surface area (TPSA) is 75.4 Å². The second-order valence-electron chi connectivity index (χ2n) is 4.17. The molecule has 0 fully saturated rings. The van der Waals surface area contributed by atoms with E-state index in [9.17, 15) is 8.42 Å². The van der Waals surface area contributed by atoms with Crippen LogP contribution >= 0.6 is 0 Å². The summed E-state index contributed by atoms with van der Waals surface area (Å²) in [7, 11) is -1.88. The number of rotatable bonds is 7. The summed E-state index contributed by atoms with van der Waals surface area (Å²) in [6.45, 7) is 2.61. The van der Waals surface area contributed by atoms with Crippen LogP contribution in [0.2, 0.25) is 0 Å². The maximum atomic E-state index is 12.3. The predicted molar refractivity (Wildman–Crippen MR) is 73.6 cm³/mol. The van der Waals surface area contributed by atoms with Gasteiger partial charge in [0.2, 0.25) is 10.0 Å². The number of nitrogens with one attached hydrogen (secondary N) is 1. The average Bonchev–Trinajstić information content (AvgIpc) is 2.38. The highest BCUT2D eigenvalue weighted by Gasteiger charge is 2.22. The van der Waals surface area contributed by atoms with Gasteiger partial charge in [0.1, 0.15) is 4.90 Å². The Bertz CT molecular complexity index is 474. The Morgan fingerprint density at radius 2 is 1.94 bits per heavy atom. The second-order valence-corrected chi connectivity index (χ2v) is 6.19. The van der Waals surface area contributed by atoms with E-state index in [1.54, 1.807) is 31.3 Å². The molecule has 0 atom stereocenters. The zero-order valence-electron chi connectivity index (χ0n) is 10.9. The molecule has 5 nitrogen and oxygen atoms in total. The number of nitrogens with two attached hydrogens (primary N) is 1. The number of hydrazine groups is 1. The number of sulfonamides is 1. The summed E-state index contributed by atoms with van der Waals surface area (Å²) >= 11 is 0. The van der Waals surface area contributed by atoms with Crippen LogP contribution < -0.4 is 11.3 Å². The molecule has 1 rings (SSSR count). The van der Waals surface area contributed by atoms with Gasteiger partial charge in [0.25, 0.3) is 0 Å². The Labute approximate surface area is 109 Å². The molecule has 0 aromatic heterocycles. The average molecular weight is 271 g/mol. The summed E-state index contributed by atoms with van der Waals surface area (Å²) < 4.78 is 26.0. The summed E-state index contributed by atoms with van der Waals surface area (Å²) in [5, 5.41) is 0. The van der Waals surface area contributed by atoms with Crippen molar-refractivity contribution in [2.24, 2.45) is 5.84 Å². The molecule has 6 heteroatoms. The van der Waals surface area contributed by atoms with Crippen molar-refractivity contribution in [2.45, 2.75) is 31.1 Å². The largest absolute Gasteiger partial charge is 0.323 e. The molecule has 1 aromatic rings. The highest BCUT2D eigenvalue weighted by atomic mass is 32.2. The van der Waals surface area contributed by atoms with Crippen LogP contribution in [0.1, 0.15) is 26.2 Å². The summed E-state index contributed by atoms with van der Waals surface area (Å²) in [6, 6.07) is 6.63. The summed E-state index contributed by atoms with van der Waals surface area (Å²) in [6.07, 6.45) is 2.95. The molecule has 0 saturated heterocycles. The van der Waals surface area contributed by atoms with Crippen LogP contribution in [0.25, 0.3) is 0 Å². The molecular weight excluding hydrogens is 250 g/mol. The van der Waals surface area contributed by atoms with Gasteiger partial charge in [-0.1, -0.05) is 31.9 Å². The summed E-state index contributed by atoms with van der Waals surface area (Å²) in [5.74, 6) is 5.34. The minimum atomic E-state index is -3.47. The van der Waals surface area contributed by atoms with Crippen molar-refractivity contribution in [2.75, 3.05) is 19.0 Å². The van der Waals surface area contributed by atoms with Crippen LogP contribution in [0.15, 0.2) is 29.2 Å². The molecule has 0 spiro atoms. The van der Waals surface area contributed by atoms with Crippen LogP contribution in [0, 0.1) is 0 Å².